The number of hydrogen-bond acceptors (Lipinski definition) is 4. The van der Waals surface area contributed by atoms with Crippen molar-refractivity contribution in [3.05, 3.63) is 0 Å². The second-order valence-electron chi connectivity index (χ2n) is 7.61. The lowest BCUT2D eigenvalue weighted by atomic mass is 9.80. The van der Waals surface area contributed by atoms with E-state index >= 15 is 0 Å². The van der Waals surface area contributed by atoms with Crippen LogP contribution in [0.1, 0.15) is 72.1 Å². The van der Waals surface area contributed by atoms with Gasteiger partial charge < -0.3 is 9.47 Å². The average molecular weight is 324 g/mol. The first-order chi connectivity index (χ1) is 11.0. The van der Waals surface area contributed by atoms with Crippen LogP contribution in [0.4, 0.5) is 0 Å². The third kappa shape index (κ3) is 5.22. The standard InChI is InChI=1S/C19H32O4/c1-13-8-4-6-10-16(13)18(20)22-12-15(3)23-19(21)17-11-7-5-9-14(17)2/h13-17H,4-12H2,1-3H3. The Bertz CT molecular complexity index is 406. The van der Waals surface area contributed by atoms with Gasteiger partial charge in [-0.15, -0.1) is 0 Å². The van der Waals surface area contributed by atoms with Crippen molar-refractivity contribution in [2.45, 2.75) is 78.2 Å². The molecule has 0 N–H and O–H groups in total. The van der Waals surface area contributed by atoms with Gasteiger partial charge in [-0.2, -0.15) is 0 Å². The monoisotopic (exact) mass is 324 g/mol. The highest BCUT2D eigenvalue weighted by molar-refractivity contribution is 5.74. The Balaban J connectivity index is 1.72. The zero-order valence-corrected chi connectivity index (χ0v) is 14.9. The van der Waals surface area contributed by atoms with Crippen LogP contribution in [0.2, 0.25) is 0 Å². The molecule has 132 valence electrons. The summed E-state index contributed by atoms with van der Waals surface area (Å²) in [5.74, 6) is 0.592. The van der Waals surface area contributed by atoms with Gasteiger partial charge in [0.1, 0.15) is 12.7 Å². The fourth-order valence-corrected chi connectivity index (χ4v) is 3.96. The molecule has 0 amide bonds. The quantitative estimate of drug-likeness (QED) is 0.714. The Morgan fingerprint density at radius 1 is 0.870 bits per heavy atom. The summed E-state index contributed by atoms with van der Waals surface area (Å²) in [5.41, 5.74) is 0. The summed E-state index contributed by atoms with van der Waals surface area (Å²) in [6, 6.07) is 0. The maximum absolute atomic E-state index is 12.3. The van der Waals surface area contributed by atoms with Gasteiger partial charge in [-0.1, -0.05) is 39.5 Å². The molecule has 0 bridgehead atoms. The van der Waals surface area contributed by atoms with Gasteiger partial charge in [0.05, 0.1) is 11.8 Å². The van der Waals surface area contributed by atoms with Crippen LogP contribution >= 0.6 is 0 Å². The van der Waals surface area contributed by atoms with Crippen LogP contribution in [0.3, 0.4) is 0 Å². The largest absolute Gasteiger partial charge is 0.462 e. The molecule has 4 nitrogen and oxygen atoms in total. The number of ether oxygens (including phenoxy) is 2. The molecule has 0 radical (unpaired) electrons. The lowest BCUT2D eigenvalue weighted by molar-refractivity contribution is -0.166. The first-order valence-corrected chi connectivity index (χ1v) is 9.36. The van der Waals surface area contributed by atoms with Crippen LogP contribution in [-0.4, -0.2) is 24.6 Å². The molecule has 0 aliphatic heterocycles. The van der Waals surface area contributed by atoms with Crippen molar-refractivity contribution in [3.8, 4) is 0 Å². The van der Waals surface area contributed by atoms with E-state index in [2.05, 4.69) is 13.8 Å². The predicted molar refractivity (Wildman–Crippen MR) is 88.8 cm³/mol. The number of rotatable bonds is 5. The highest BCUT2D eigenvalue weighted by Gasteiger charge is 2.31. The number of esters is 2. The molecule has 5 unspecified atom stereocenters. The van der Waals surface area contributed by atoms with E-state index in [9.17, 15) is 9.59 Å². The van der Waals surface area contributed by atoms with Crippen molar-refractivity contribution >= 4 is 11.9 Å². The van der Waals surface area contributed by atoms with Crippen molar-refractivity contribution < 1.29 is 19.1 Å². The summed E-state index contributed by atoms with van der Waals surface area (Å²) in [5, 5.41) is 0. The predicted octanol–water partition coefficient (Wildman–Crippen LogP) is 4.11. The SMILES string of the molecule is CC(COC(=O)C1CCCCC1C)OC(=O)C1CCCCC1C. The zero-order valence-electron chi connectivity index (χ0n) is 14.9. The summed E-state index contributed by atoms with van der Waals surface area (Å²) in [7, 11) is 0. The number of carbonyl (C=O) groups excluding carboxylic acids is 2. The summed E-state index contributed by atoms with van der Waals surface area (Å²) >= 11 is 0. The van der Waals surface area contributed by atoms with Crippen LogP contribution < -0.4 is 0 Å². The van der Waals surface area contributed by atoms with Gasteiger partial charge in [0, 0.05) is 0 Å². The van der Waals surface area contributed by atoms with Crippen molar-refractivity contribution in [1.29, 1.82) is 0 Å². The Labute approximate surface area is 140 Å². The molecule has 0 spiro atoms. The molecule has 23 heavy (non-hydrogen) atoms. The van der Waals surface area contributed by atoms with Gasteiger partial charge in [-0.25, -0.2) is 0 Å². The first-order valence-electron chi connectivity index (χ1n) is 9.36. The Morgan fingerprint density at radius 3 is 1.87 bits per heavy atom. The molecule has 0 aromatic rings. The summed E-state index contributed by atoms with van der Waals surface area (Å²) < 4.78 is 10.9. The minimum absolute atomic E-state index is 0.0141. The highest BCUT2D eigenvalue weighted by atomic mass is 16.6. The van der Waals surface area contributed by atoms with E-state index < -0.39 is 0 Å². The van der Waals surface area contributed by atoms with Crippen LogP contribution in [-0.2, 0) is 19.1 Å². The van der Waals surface area contributed by atoms with Gasteiger partial charge in [0.15, 0.2) is 0 Å². The topological polar surface area (TPSA) is 52.6 Å². The highest BCUT2D eigenvalue weighted by Crippen LogP contribution is 2.31. The fourth-order valence-electron chi connectivity index (χ4n) is 3.96. The molecule has 2 fully saturated rings. The minimum Gasteiger partial charge on any atom is -0.462 e. The third-order valence-electron chi connectivity index (χ3n) is 5.61. The van der Waals surface area contributed by atoms with Crippen LogP contribution in [0, 0.1) is 23.7 Å². The second kappa shape index (κ2) is 8.70. The molecule has 2 rings (SSSR count). The van der Waals surface area contributed by atoms with Crippen LogP contribution in [0.5, 0.6) is 0 Å². The molecule has 0 aromatic carbocycles. The van der Waals surface area contributed by atoms with Crippen molar-refractivity contribution in [3.63, 3.8) is 0 Å². The molecule has 0 heterocycles. The summed E-state index contributed by atoms with van der Waals surface area (Å²) in [4.78, 5) is 24.4. The van der Waals surface area contributed by atoms with Crippen LogP contribution in [0.25, 0.3) is 0 Å². The van der Waals surface area contributed by atoms with E-state index in [1.165, 1.54) is 12.8 Å². The first kappa shape index (κ1) is 18.3. The third-order valence-corrected chi connectivity index (χ3v) is 5.61. The number of carbonyl (C=O) groups is 2. The zero-order chi connectivity index (χ0) is 16.8. The molecule has 2 aliphatic carbocycles. The summed E-state index contributed by atoms with van der Waals surface area (Å²) in [6.07, 6.45) is 8.31. The van der Waals surface area contributed by atoms with E-state index in [1.807, 2.05) is 6.92 Å². The van der Waals surface area contributed by atoms with Crippen molar-refractivity contribution in [2.24, 2.45) is 23.7 Å². The Hall–Kier alpha value is -1.06. The average Bonchev–Trinajstić information content (AvgIpc) is 2.53. The Kier molecular flexibility index (Phi) is 6.91. The smallest absolute Gasteiger partial charge is 0.309 e. The Morgan fingerprint density at radius 2 is 1.35 bits per heavy atom. The van der Waals surface area contributed by atoms with Gasteiger partial charge in [0.25, 0.3) is 0 Å². The molecule has 4 heteroatoms. The molecule has 5 atom stereocenters. The van der Waals surface area contributed by atoms with Crippen molar-refractivity contribution in [2.75, 3.05) is 6.61 Å². The van der Waals surface area contributed by atoms with Gasteiger partial charge in [-0.05, 0) is 44.4 Å². The molecular formula is C19H32O4. The van der Waals surface area contributed by atoms with Gasteiger partial charge in [0.2, 0.25) is 0 Å². The number of hydrogen-bond donors (Lipinski definition) is 0. The van der Waals surface area contributed by atoms with Crippen LogP contribution in [0.15, 0.2) is 0 Å². The van der Waals surface area contributed by atoms with Crippen molar-refractivity contribution in [1.82, 2.24) is 0 Å². The second-order valence-corrected chi connectivity index (χ2v) is 7.61. The van der Waals surface area contributed by atoms with E-state index in [1.54, 1.807) is 0 Å². The van der Waals surface area contributed by atoms with Gasteiger partial charge in [-0.3, -0.25) is 9.59 Å². The van der Waals surface area contributed by atoms with E-state index in [0.717, 1.165) is 38.5 Å². The van der Waals surface area contributed by atoms with E-state index in [4.69, 9.17) is 9.47 Å². The van der Waals surface area contributed by atoms with E-state index in [0.29, 0.717) is 11.8 Å². The minimum atomic E-state index is -0.362. The molecule has 0 saturated heterocycles. The molecule has 0 aromatic heterocycles. The summed E-state index contributed by atoms with van der Waals surface area (Å²) in [6.45, 7) is 6.23. The maximum atomic E-state index is 12.3. The fraction of sp³-hybridized carbons (Fsp3) is 0.895. The molecule has 2 aliphatic rings. The molecule has 2 saturated carbocycles. The van der Waals surface area contributed by atoms with E-state index in [-0.39, 0.29) is 36.5 Å². The maximum Gasteiger partial charge on any atom is 0.309 e. The molecular weight excluding hydrogens is 292 g/mol. The lowest BCUT2D eigenvalue weighted by Crippen LogP contribution is -2.33. The lowest BCUT2D eigenvalue weighted by Gasteiger charge is -2.29. The van der Waals surface area contributed by atoms with Gasteiger partial charge >= 0.3 is 11.9 Å². The normalized spacial score (nSPS) is 32.8.